The van der Waals surface area contributed by atoms with Gasteiger partial charge < -0.3 is 10.6 Å². The van der Waals surface area contributed by atoms with E-state index in [1.807, 2.05) is 11.6 Å². The molecule has 26 heavy (non-hydrogen) atoms. The molecule has 134 valence electrons. The largest absolute Gasteiger partial charge is 0.319 e. The van der Waals surface area contributed by atoms with E-state index in [0.29, 0.717) is 22.3 Å². The lowest BCUT2D eigenvalue weighted by atomic mass is 10.1. The van der Waals surface area contributed by atoms with Crippen LogP contribution in [0.1, 0.15) is 34.9 Å². The Hall–Kier alpha value is -2.80. The van der Waals surface area contributed by atoms with Gasteiger partial charge in [-0.3, -0.25) is 14.5 Å². The lowest BCUT2D eigenvalue weighted by Crippen LogP contribution is -2.34. The van der Waals surface area contributed by atoms with Gasteiger partial charge in [0.05, 0.1) is 24.1 Å². The molecule has 1 atom stereocenters. The maximum absolute atomic E-state index is 13.7. The Morgan fingerprint density at radius 1 is 1.38 bits per heavy atom. The first kappa shape index (κ1) is 16.7. The van der Waals surface area contributed by atoms with Crippen molar-refractivity contribution in [2.75, 3.05) is 18.4 Å². The van der Waals surface area contributed by atoms with Gasteiger partial charge in [-0.1, -0.05) is 12.1 Å². The molecule has 0 aliphatic carbocycles. The minimum absolute atomic E-state index is 0.169. The molecule has 1 aliphatic heterocycles. The molecule has 1 amide bonds. The number of carbonyl (C=O) groups excluding carboxylic acids is 1. The number of benzene rings is 1. The van der Waals surface area contributed by atoms with E-state index in [1.54, 1.807) is 24.4 Å². The van der Waals surface area contributed by atoms with Crippen LogP contribution in [0.15, 0.2) is 36.7 Å². The second-order valence-electron chi connectivity index (χ2n) is 6.61. The summed E-state index contributed by atoms with van der Waals surface area (Å²) in [6.45, 7) is 3.68. The number of pyridine rings is 1. The van der Waals surface area contributed by atoms with Crippen LogP contribution in [0.3, 0.4) is 0 Å². The van der Waals surface area contributed by atoms with Crippen LogP contribution in [0.4, 0.5) is 10.1 Å². The number of halogens is 1. The summed E-state index contributed by atoms with van der Waals surface area (Å²) >= 11 is 0. The van der Waals surface area contributed by atoms with E-state index in [4.69, 9.17) is 0 Å². The van der Waals surface area contributed by atoms with Gasteiger partial charge in [0.1, 0.15) is 17.0 Å². The van der Waals surface area contributed by atoms with Crippen molar-refractivity contribution in [1.29, 1.82) is 0 Å². The molecule has 2 N–H and O–H groups in total. The molecule has 0 spiro atoms. The zero-order valence-corrected chi connectivity index (χ0v) is 14.5. The zero-order chi connectivity index (χ0) is 18.1. The summed E-state index contributed by atoms with van der Waals surface area (Å²) in [6, 6.07) is 6.65. The summed E-state index contributed by atoms with van der Waals surface area (Å²) in [4.78, 5) is 17.0. The van der Waals surface area contributed by atoms with Crippen molar-refractivity contribution in [3.63, 3.8) is 0 Å². The summed E-state index contributed by atoms with van der Waals surface area (Å²) < 4.78 is 15.6. The SMILES string of the molecule is Cc1cnn(C2CCCNC2)c1C(=O)Nc1cnc2c(F)cccc2c1. The van der Waals surface area contributed by atoms with E-state index in [9.17, 15) is 9.18 Å². The number of hydrogen-bond acceptors (Lipinski definition) is 4. The molecular formula is C19H20FN5O. The number of hydrogen-bond donors (Lipinski definition) is 2. The van der Waals surface area contributed by atoms with Gasteiger partial charge >= 0.3 is 0 Å². The van der Waals surface area contributed by atoms with Crippen LogP contribution in [0, 0.1) is 12.7 Å². The van der Waals surface area contributed by atoms with Crippen molar-refractivity contribution >= 4 is 22.5 Å². The summed E-state index contributed by atoms with van der Waals surface area (Å²) in [5, 5.41) is 11.3. The van der Waals surface area contributed by atoms with E-state index >= 15 is 0 Å². The zero-order valence-electron chi connectivity index (χ0n) is 14.5. The van der Waals surface area contributed by atoms with Crippen molar-refractivity contribution in [1.82, 2.24) is 20.1 Å². The van der Waals surface area contributed by atoms with E-state index in [2.05, 4.69) is 20.7 Å². The van der Waals surface area contributed by atoms with E-state index in [1.165, 1.54) is 12.3 Å². The summed E-state index contributed by atoms with van der Waals surface area (Å²) in [7, 11) is 0. The number of nitrogens with zero attached hydrogens (tertiary/aromatic N) is 3. The highest BCUT2D eigenvalue weighted by Gasteiger charge is 2.23. The Labute approximate surface area is 150 Å². The minimum Gasteiger partial charge on any atom is -0.319 e. The molecular weight excluding hydrogens is 333 g/mol. The molecule has 1 aromatic carbocycles. The van der Waals surface area contributed by atoms with Crippen LogP contribution in [0.2, 0.25) is 0 Å². The average molecular weight is 353 g/mol. The number of amides is 1. The molecule has 2 aromatic heterocycles. The Morgan fingerprint density at radius 2 is 2.27 bits per heavy atom. The molecule has 1 aliphatic rings. The van der Waals surface area contributed by atoms with Gasteiger partial charge in [-0.15, -0.1) is 0 Å². The number of aromatic nitrogens is 3. The fourth-order valence-corrected chi connectivity index (χ4v) is 3.43. The first-order valence-corrected chi connectivity index (χ1v) is 8.74. The van der Waals surface area contributed by atoms with Gasteiger partial charge in [0.15, 0.2) is 0 Å². The fourth-order valence-electron chi connectivity index (χ4n) is 3.43. The molecule has 7 heteroatoms. The minimum atomic E-state index is -0.376. The Kier molecular flexibility index (Phi) is 4.38. The number of para-hydroxylation sites is 1. The Bertz CT molecular complexity index is 962. The third kappa shape index (κ3) is 3.06. The van der Waals surface area contributed by atoms with Gasteiger partial charge in [0, 0.05) is 17.5 Å². The van der Waals surface area contributed by atoms with Crippen LogP contribution in [-0.2, 0) is 0 Å². The third-order valence-corrected chi connectivity index (χ3v) is 4.73. The fraction of sp³-hybridized carbons (Fsp3) is 0.316. The summed E-state index contributed by atoms with van der Waals surface area (Å²) in [5.41, 5.74) is 2.20. The van der Waals surface area contributed by atoms with Gasteiger partial charge in [-0.05, 0) is 38.4 Å². The summed E-state index contributed by atoms with van der Waals surface area (Å²) in [6.07, 6.45) is 5.25. The molecule has 0 radical (unpaired) electrons. The maximum Gasteiger partial charge on any atom is 0.274 e. The lowest BCUT2D eigenvalue weighted by Gasteiger charge is -2.24. The van der Waals surface area contributed by atoms with Crippen molar-refractivity contribution in [3.8, 4) is 0 Å². The van der Waals surface area contributed by atoms with Crippen LogP contribution in [0.5, 0.6) is 0 Å². The third-order valence-electron chi connectivity index (χ3n) is 4.73. The molecule has 1 saturated heterocycles. The number of rotatable bonds is 3. The number of fused-ring (bicyclic) bond motifs is 1. The number of aryl methyl sites for hydroxylation is 1. The van der Waals surface area contributed by atoms with Gasteiger partial charge in [0.25, 0.3) is 5.91 Å². The highest BCUT2D eigenvalue weighted by Crippen LogP contribution is 2.23. The molecule has 0 bridgehead atoms. The Balaban J connectivity index is 1.61. The molecule has 3 aromatic rings. The van der Waals surface area contributed by atoms with Gasteiger partial charge in [-0.25, -0.2) is 4.39 Å². The van der Waals surface area contributed by atoms with E-state index < -0.39 is 0 Å². The van der Waals surface area contributed by atoms with Gasteiger partial charge in [-0.2, -0.15) is 5.10 Å². The van der Waals surface area contributed by atoms with Gasteiger partial charge in [0.2, 0.25) is 0 Å². The first-order valence-electron chi connectivity index (χ1n) is 8.74. The second kappa shape index (κ2) is 6.84. The van der Waals surface area contributed by atoms with Crippen LogP contribution in [0.25, 0.3) is 10.9 Å². The van der Waals surface area contributed by atoms with Crippen LogP contribution in [-0.4, -0.2) is 33.8 Å². The van der Waals surface area contributed by atoms with E-state index in [0.717, 1.165) is 31.5 Å². The quantitative estimate of drug-likeness (QED) is 0.759. The average Bonchev–Trinajstić information content (AvgIpc) is 3.04. The second-order valence-corrected chi connectivity index (χ2v) is 6.61. The highest BCUT2D eigenvalue weighted by molar-refractivity contribution is 6.04. The number of piperidine rings is 1. The predicted molar refractivity (Wildman–Crippen MR) is 97.8 cm³/mol. The number of carbonyl (C=O) groups is 1. The van der Waals surface area contributed by atoms with Crippen molar-refractivity contribution in [2.45, 2.75) is 25.8 Å². The summed E-state index contributed by atoms with van der Waals surface area (Å²) in [5.74, 6) is -0.609. The van der Waals surface area contributed by atoms with Crippen LogP contribution < -0.4 is 10.6 Å². The molecule has 3 heterocycles. The van der Waals surface area contributed by atoms with E-state index in [-0.39, 0.29) is 17.8 Å². The number of nitrogens with one attached hydrogen (secondary N) is 2. The molecule has 6 nitrogen and oxygen atoms in total. The van der Waals surface area contributed by atoms with Crippen molar-refractivity contribution in [3.05, 3.63) is 53.7 Å². The number of anilines is 1. The predicted octanol–water partition coefficient (Wildman–Crippen LogP) is 3.06. The molecule has 1 unspecified atom stereocenters. The smallest absolute Gasteiger partial charge is 0.274 e. The monoisotopic (exact) mass is 353 g/mol. The lowest BCUT2D eigenvalue weighted by molar-refractivity contribution is 0.101. The van der Waals surface area contributed by atoms with Crippen molar-refractivity contribution < 1.29 is 9.18 Å². The molecule has 4 rings (SSSR count). The topological polar surface area (TPSA) is 71.8 Å². The first-order chi connectivity index (χ1) is 12.6. The Morgan fingerprint density at radius 3 is 3.08 bits per heavy atom. The molecule has 1 fully saturated rings. The van der Waals surface area contributed by atoms with Crippen molar-refractivity contribution in [2.24, 2.45) is 0 Å². The standard InChI is InChI=1S/C19H20FN5O/c1-12-9-23-25(15-5-3-7-21-11-15)18(12)19(26)24-14-8-13-4-2-6-16(20)17(13)22-10-14/h2,4,6,8-10,15,21H,3,5,7,11H2,1H3,(H,24,26). The highest BCUT2D eigenvalue weighted by atomic mass is 19.1. The maximum atomic E-state index is 13.7. The normalized spacial score (nSPS) is 17.4. The van der Waals surface area contributed by atoms with Crippen LogP contribution >= 0.6 is 0 Å². The molecule has 0 saturated carbocycles.